The van der Waals surface area contributed by atoms with E-state index >= 15 is 0 Å². The maximum Gasteiger partial charge on any atom is 0.338 e. The molecule has 0 aliphatic carbocycles. The zero-order valence-electron chi connectivity index (χ0n) is 6.06. The van der Waals surface area contributed by atoms with E-state index in [9.17, 15) is 4.79 Å². The first kappa shape index (κ1) is 8.61. The number of carboxylic acid groups (broad SMARTS) is 1. The van der Waals surface area contributed by atoms with Gasteiger partial charge < -0.3 is 15.2 Å². The summed E-state index contributed by atoms with van der Waals surface area (Å²) in [5.74, 6) is -1.63. The summed E-state index contributed by atoms with van der Waals surface area (Å²) in [5.41, 5.74) is -0.206. The van der Waals surface area contributed by atoms with E-state index < -0.39 is 5.97 Å². The number of phenols is 1. The molecule has 1 aromatic carbocycles. The molecular weight excluding hydrogens is 159 g/mol. The maximum absolute atomic E-state index is 10.5. The Kier molecular flexibility index (Phi) is 2.35. The van der Waals surface area contributed by atoms with E-state index in [0.29, 0.717) is 7.48 Å². The van der Waals surface area contributed by atoms with Crippen molar-refractivity contribution in [2.24, 2.45) is 0 Å². The maximum atomic E-state index is 10.5. The molecule has 0 fully saturated rings. The fourth-order valence-electron chi connectivity index (χ4n) is 0.898. The van der Waals surface area contributed by atoms with Crippen LogP contribution < -0.4 is 5.46 Å². The summed E-state index contributed by atoms with van der Waals surface area (Å²) in [4.78, 5) is 10.5. The standard InChI is InChI=1S/C7H6BO4/c9-5-3-1-2-4(8-12)6(5)7(10)11/h1-3,9,12H,(H,10,11). The number of carbonyl (C=O) groups is 1. The molecule has 0 bridgehead atoms. The number of benzene rings is 1. The third-order valence-corrected chi connectivity index (χ3v) is 1.43. The molecule has 0 aliphatic rings. The summed E-state index contributed by atoms with van der Waals surface area (Å²) in [6.45, 7) is 0. The van der Waals surface area contributed by atoms with Gasteiger partial charge in [0.1, 0.15) is 5.75 Å². The van der Waals surface area contributed by atoms with E-state index in [-0.39, 0.29) is 16.8 Å². The lowest BCUT2D eigenvalue weighted by Gasteiger charge is -2.02. The van der Waals surface area contributed by atoms with Crippen molar-refractivity contribution in [3.63, 3.8) is 0 Å². The van der Waals surface area contributed by atoms with E-state index in [1.54, 1.807) is 0 Å². The van der Waals surface area contributed by atoms with E-state index in [1.807, 2.05) is 0 Å². The minimum atomic E-state index is -1.27. The summed E-state index contributed by atoms with van der Waals surface area (Å²) < 4.78 is 0. The number of hydrogen-bond acceptors (Lipinski definition) is 3. The van der Waals surface area contributed by atoms with Gasteiger partial charge in [-0.2, -0.15) is 0 Å². The van der Waals surface area contributed by atoms with Crippen LogP contribution >= 0.6 is 0 Å². The number of hydrogen-bond donors (Lipinski definition) is 3. The Bertz CT molecular complexity index is 310. The molecule has 0 aromatic heterocycles. The minimum Gasteiger partial charge on any atom is -0.507 e. The van der Waals surface area contributed by atoms with Gasteiger partial charge in [0.2, 0.25) is 0 Å². The molecule has 12 heavy (non-hydrogen) atoms. The Morgan fingerprint density at radius 1 is 1.42 bits per heavy atom. The molecule has 0 atom stereocenters. The van der Waals surface area contributed by atoms with Gasteiger partial charge in [-0.1, -0.05) is 12.1 Å². The van der Waals surface area contributed by atoms with Gasteiger partial charge in [0, 0.05) is 0 Å². The quantitative estimate of drug-likeness (QED) is 0.507. The number of aromatic hydroxyl groups is 1. The lowest BCUT2D eigenvalue weighted by molar-refractivity contribution is 0.0695. The van der Waals surface area contributed by atoms with Crippen LogP contribution in [0.25, 0.3) is 0 Å². The number of rotatable bonds is 2. The summed E-state index contributed by atoms with van der Waals surface area (Å²) in [6, 6.07) is 4.09. The van der Waals surface area contributed by atoms with Gasteiger partial charge in [0.05, 0.1) is 5.56 Å². The van der Waals surface area contributed by atoms with Crippen LogP contribution in [-0.4, -0.2) is 28.7 Å². The highest BCUT2D eigenvalue weighted by molar-refractivity contribution is 6.48. The van der Waals surface area contributed by atoms with E-state index in [2.05, 4.69) is 0 Å². The van der Waals surface area contributed by atoms with Gasteiger partial charge in [-0.25, -0.2) is 4.79 Å². The van der Waals surface area contributed by atoms with Gasteiger partial charge >= 0.3 is 13.5 Å². The van der Waals surface area contributed by atoms with Crippen LogP contribution in [0.5, 0.6) is 5.75 Å². The van der Waals surface area contributed by atoms with Crippen LogP contribution in [0.1, 0.15) is 10.4 Å². The summed E-state index contributed by atoms with van der Waals surface area (Å²) in [5, 5.41) is 26.3. The normalized spacial score (nSPS) is 9.42. The Labute approximate surface area is 69.4 Å². The van der Waals surface area contributed by atoms with Gasteiger partial charge in [-0.15, -0.1) is 0 Å². The van der Waals surface area contributed by atoms with Crippen LogP contribution in [-0.2, 0) is 0 Å². The molecule has 0 spiro atoms. The lowest BCUT2D eigenvalue weighted by Crippen LogP contribution is -2.22. The highest BCUT2D eigenvalue weighted by atomic mass is 16.4. The van der Waals surface area contributed by atoms with Gasteiger partial charge in [-0.3, -0.25) is 0 Å². The van der Waals surface area contributed by atoms with E-state index in [4.69, 9.17) is 15.2 Å². The second-order valence-corrected chi connectivity index (χ2v) is 2.18. The molecule has 4 nitrogen and oxygen atoms in total. The Morgan fingerprint density at radius 3 is 2.50 bits per heavy atom. The summed E-state index contributed by atoms with van der Waals surface area (Å²) in [6.07, 6.45) is 0. The third-order valence-electron chi connectivity index (χ3n) is 1.43. The average molecular weight is 165 g/mol. The highest BCUT2D eigenvalue weighted by Crippen LogP contribution is 2.12. The first-order chi connectivity index (χ1) is 5.66. The molecule has 61 valence electrons. The third kappa shape index (κ3) is 1.40. The van der Waals surface area contributed by atoms with Gasteiger partial charge in [-0.05, 0) is 11.5 Å². The molecule has 0 saturated carbocycles. The molecular formula is C7H6BO4. The first-order valence-electron chi connectivity index (χ1n) is 3.19. The summed E-state index contributed by atoms with van der Waals surface area (Å²) >= 11 is 0. The molecule has 1 radical (unpaired) electrons. The monoisotopic (exact) mass is 165 g/mol. The largest absolute Gasteiger partial charge is 0.507 e. The van der Waals surface area contributed by atoms with Crippen LogP contribution in [0.4, 0.5) is 0 Å². The summed E-state index contributed by atoms with van der Waals surface area (Å²) in [7, 11) is 0.642. The van der Waals surface area contributed by atoms with Gasteiger partial charge in [0.25, 0.3) is 0 Å². The molecule has 0 unspecified atom stereocenters. The highest BCUT2D eigenvalue weighted by Gasteiger charge is 2.14. The van der Waals surface area contributed by atoms with Crippen molar-refractivity contribution in [1.82, 2.24) is 0 Å². The molecule has 0 amide bonds. The van der Waals surface area contributed by atoms with Crippen molar-refractivity contribution in [2.45, 2.75) is 0 Å². The van der Waals surface area contributed by atoms with Crippen LogP contribution in [0.15, 0.2) is 18.2 Å². The van der Waals surface area contributed by atoms with Gasteiger partial charge in [0.15, 0.2) is 0 Å². The van der Waals surface area contributed by atoms with Crippen molar-refractivity contribution < 1.29 is 20.0 Å². The molecule has 1 rings (SSSR count). The molecule has 1 aromatic rings. The Hall–Kier alpha value is -1.49. The van der Waals surface area contributed by atoms with Crippen LogP contribution in [0.3, 0.4) is 0 Å². The molecule has 3 N–H and O–H groups in total. The second-order valence-electron chi connectivity index (χ2n) is 2.18. The lowest BCUT2D eigenvalue weighted by atomic mass is 9.84. The zero-order valence-corrected chi connectivity index (χ0v) is 6.06. The molecule has 0 saturated heterocycles. The predicted molar refractivity (Wildman–Crippen MR) is 42.7 cm³/mol. The van der Waals surface area contributed by atoms with Crippen molar-refractivity contribution in [2.75, 3.05) is 0 Å². The smallest absolute Gasteiger partial charge is 0.338 e. The van der Waals surface area contributed by atoms with Crippen molar-refractivity contribution in [1.29, 1.82) is 0 Å². The van der Waals surface area contributed by atoms with Crippen LogP contribution in [0, 0.1) is 0 Å². The molecule has 5 heteroatoms. The van der Waals surface area contributed by atoms with Crippen molar-refractivity contribution in [3.05, 3.63) is 23.8 Å². The van der Waals surface area contributed by atoms with Crippen LogP contribution in [0.2, 0.25) is 0 Å². The second kappa shape index (κ2) is 3.27. The molecule has 0 aliphatic heterocycles. The van der Waals surface area contributed by atoms with E-state index in [0.717, 1.165) is 0 Å². The topological polar surface area (TPSA) is 77.8 Å². The predicted octanol–water partition coefficient (Wildman–Crippen LogP) is -0.673. The Balaban J connectivity index is 3.29. The average Bonchev–Trinajstić information content (AvgIpc) is 2.03. The fraction of sp³-hybridized carbons (Fsp3) is 0. The van der Waals surface area contributed by atoms with Crippen molar-refractivity contribution >= 4 is 18.9 Å². The first-order valence-corrected chi connectivity index (χ1v) is 3.19. The number of aromatic carboxylic acids is 1. The minimum absolute atomic E-state index is 0.0856. The Morgan fingerprint density at radius 2 is 2.08 bits per heavy atom. The number of carboxylic acids is 1. The van der Waals surface area contributed by atoms with E-state index in [1.165, 1.54) is 18.2 Å². The zero-order chi connectivity index (χ0) is 9.14. The molecule has 0 heterocycles. The van der Waals surface area contributed by atoms with Crippen molar-refractivity contribution in [3.8, 4) is 5.75 Å². The fourth-order valence-corrected chi connectivity index (χ4v) is 0.898. The SMILES string of the molecule is O=C(O)c1c(O)cccc1[B]O.